The highest BCUT2D eigenvalue weighted by Gasteiger charge is 2.18. The zero-order chi connectivity index (χ0) is 14.7. The molecule has 0 saturated heterocycles. The summed E-state index contributed by atoms with van der Waals surface area (Å²) in [5.74, 6) is -0.141. The summed E-state index contributed by atoms with van der Waals surface area (Å²) in [7, 11) is 1.66. The fraction of sp³-hybridized carbons (Fsp3) is 0.286. The molecule has 0 unspecified atom stereocenters. The zero-order valence-electron chi connectivity index (χ0n) is 11.4. The summed E-state index contributed by atoms with van der Waals surface area (Å²) >= 11 is 3.42. The SMILES string of the molecule is Cc1c(C(=O)N(C)CCO)cnn1-c1cccc(Br)c1. The van der Waals surface area contributed by atoms with E-state index in [0.29, 0.717) is 12.1 Å². The number of carbonyl (C=O) groups is 1. The van der Waals surface area contributed by atoms with Crippen molar-refractivity contribution in [1.29, 1.82) is 0 Å². The first-order valence-corrected chi connectivity index (χ1v) is 7.00. The summed E-state index contributed by atoms with van der Waals surface area (Å²) in [6.07, 6.45) is 1.56. The van der Waals surface area contributed by atoms with Crippen LogP contribution in [0.4, 0.5) is 0 Å². The third kappa shape index (κ3) is 2.91. The molecule has 1 heterocycles. The van der Waals surface area contributed by atoms with E-state index in [-0.39, 0.29) is 12.5 Å². The van der Waals surface area contributed by atoms with E-state index >= 15 is 0 Å². The molecule has 1 aromatic heterocycles. The molecule has 1 N–H and O–H groups in total. The van der Waals surface area contributed by atoms with E-state index in [0.717, 1.165) is 15.9 Å². The molecule has 0 fully saturated rings. The van der Waals surface area contributed by atoms with Crippen LogP contribution in [0.15, 0.2) is 34.9 Å². The van der Waals surface area contributed by atoms with Gasteiger partial charge in [0.25, 0.3) is 5.91 Å². The Hall–Kier alpha value is -1.66. The number of rotatable bonds is 4. The van der Waals surface area contributed by atoms with Crippen LogP contribution in [0.25, 0.3) is 5.69 Å². The Bertz CT molecular complexity index is 625. The standard InChI is InChI=1S/C14H16BrN3O2/c1-10-13(14(20)17(2)6-7-19)9-16-18(10)12-5-3-4-11(15)8-12/h3-5,8-9,19H,6-7H2,1-2H3. The summed E-state index contributed by atoms with van der Waals surface area (Å²) < 4.78 is 2.68. The third-order valence-corrected chi connectivity index (χ3v) is 3.57. The average molecular weight is 338 g/mol. The predicted molar refractivity (Wildman–Crippen MR) is 80.0 cm³/mol. The monoisotopic (exact) mass is 337 g/mol. The van der Waals surface area contributed by atoms with Crippen molar-refractivity contribution in [2.75, 3.05) is 20.2 Å². The molecule has 106 valence electrons. The van der Waals surface area contributed by atoms with Crippen molar-refractivity contribution in [3.63, 3.8) is 0 Å². The Labute approximate surface area is 126 Å². The maximum Gasteiger partial charge on any atom is 0.257 e. The van der Waals surface area contributed by atoms with Crippen molar-refractivity contribution in [3.05, 3.63) is 46.2 Å². The number of halogens is 1. The van der Waals surface area contributed by atoms with Gasteiger partial charge in [0, 0.05) is 18.1 Å². The molecule has 1 aromatic carbocycles. The first-order valence-electron chi connectivity index (χ1n) is 6.21. The topological polar surface area (TPSA) is 58.4 Å². The highest BCUT2D eigenvalue weighted by atomic mass is 79.9. The summed E-state index contributed by atoms with van der Waals surface area (Å²) in [6, 6.07) is 7.71. The van der Waals surface area contributed by atoms with Crippen LogP contribution in [0.2, 0.25) is 0 Å². The number of nitrogens with zero attached hydrogens (tertiary/aromatic N) is 3. The molecule has 0 bridgehead atoms. The fourth-order valence-electron chi connectivity index (χ4n) is 1.94. The number of benzene rings is 1. The molecule has 6 heteroatoms. The van der Waals surface area contributed by atoms with E-state index in [9.17, 15) is 4.79 Å². The molecule has 2 rings (SSSR count). The van der Waals surface area contributed by atoms with Crippen LogP contribution in [0.5, 0.6) is 0 Å². The summed E-state index contributed by atoms with van der Waals surface area (Å²) in [5.41, 5.74) is 2.21. The van der Waals surface area contributed by atoms with Gasteiger partial charge in [0.1, 0.15) is 0 Å². The molecule has 2 aromatic rings. The lowest BCUT2D eigenvalue weighted by molar-refractivity contribution is 0.0766. The number of aromatic nitrogens is 2. The van der Waals surface area contributed by atoms with Gasteiger partial charge in [-0.15, -0.1) is 0 Å². The second-order valence-electron chi connectivity index (χ2n) is 4.49. The maximum atomic E-state index is 12.2. The Balaban J connectivity index is 2.34. The van der Waals surface area contributed by atoms with Crippen LogP contribution in [-0.2, 0) is 0 Å². The smallest absolute Gasteiger partial charge is 0.257 e. The molecule has 0 atom stereocenters. The molecular formula is C14H16BrN3O2. The van der Waals surface area contributed by atoms with Crippen molar-refractivity contribution in [1.82, 2.24) is 14.7 Å². The number of hydrogen-bond donors (Lipinski definition) is 1. The first kappa shape index (κ1) is 14.7. The molecular weight excluding hydrogens is 322 g/mol. The lowest BCUT2D eigenvalue weighted by Crippen LogP contribution is -2.29. The maximum absolute atomic E-state index is 12.2. The largest absolute Gasteiger partial charge is 0.395 e. The van der Waals surface area contributed by atoms with Gasteiger partial charge in [0.15, 0.2) is 0 Å². The van der Waals surface area contributed by atoms with Crippen molar-refractivity contribution in [2.24, 2.45) is 0 Å². The van der Waals surface area contributed by atoms with E-state index in [2.05, 4.69) is 21.0 Å². The van der Waals surface area contributed by atoms with Crippen molar-refractivity contribution in [2.45, 2.75) is 6.92 Å². The van der Waals surface area contributed by atoms with Gasteiger partial charge in [-0.2, -0.15) is 5.10 Å². The quantitative estimate of drug-likeness (QED) is 0.928. The predicted octanol–water partition coefficient (Wildman–Crippen LogP) is 2.01. The summed E-state index contributed by atoms with van der Waals surface area (Å²) in [4.78, 5) is 13.7. The fourth-order valence-corrected chi connectivity index (χ4v) is 2.33. The molecule has 1 amide bonds. The van der Waals surface area contributed by atoms with Crippen LogP contribution in [0.3, 0.4) is 0 Å². The normalized spacial score (nSPS) is 10.6. The van der Waals surface area contributed by atoms with Crippen molar-refractivity contribution < 1.29 is 9.90 Å². The van der Waals surface area contributed by atoms with Crippen LogP contribution >= 0.6 is 15.9 Å². The number of aliphatic hydroxyl groups excluding tert-OH is 1. The highest BCUT2D eigenvalue weighted by Crippen LogP contribution is 2.19. The molecule has 0 aliphatic rings. The lowest BCUT2D eigenvalue weighted by atomic mass is 10.2. The van der Waals surface area contributed by atoms with Crippen LogP contribution in [0, 0.1) is 6.92 Å². The average Bonchev–Trinajstić information content (AvgIpc) is 2.80. The molecule has 0 aliphatic heterocycles. The minimum atomic E-state index is -0.141. The van der Waals surface area contributed by atoms with Crippen molar-refractivity contribution in [3.8, 4) is 5.69 Å². The van der Waals surface area contributed by atoms with E-state index in [1.165, 1.54) is 4.90 Å². The van der Waals surface area contributed by atoms with E-state index < -0.39 is 0 Å². The van der Waals surface area contributed by atoms with Crippen LogP contribution in [0.1, 0.15) is 16.1 Å². The van der Waals surface area contributed by atoms with E-state index in [1.807, 2.05) is 31.2 Å². The van der Waals surface area contributed by atoms with Gasteiger partial charge in [-0.05, 0) is 25.1 Å². The van der Waals surface area contributed by atoms with Gasteiger partial charge < -0.3 is 10.0 Å². The van der Waals surface area contributed by atoms with Gasteiger partial charge >= 0.3 is 0 Å². The van der Waals surface area contributed by atoms with Crippen LogP contribution in [-0.4, -0.2) is 45.9 Å². The molecule has 0 spiro atoms. The highest BCUT2D eigenvalue weighted by molar-refractivity contribution is 9.10. The van der Waals surface area contributed by atoms with Gasteiger partial charge in [-0.3, -0.25) is 4.79 Å². The van der Waals surface area contributed by atoms with Gasteiger partial charge in [-0.1, -0.05) is 22.0 Å². The number of aliphatic hydroxyl groups is 1. The molecule has 5 nitrogen and oxygen atoms in total. The Morgan fingerprint density at radius 2 is 2.25 bits per heavy atom. The van der Waals surface area contributed by atoms with E-state index in [1.54, 1.807) is 17.9 Å². The molecule has 20 heavy (non-hydrogen) atoms. The third-order valence-electron chi connectivity index (χ3n) is 3.08. The second kappa shape index (κ2) is 6.19. The lowest BCUT2D eigenvalue weighted by Gasteiger charge is -2.15. The first-order chi connectivity index (χ1) is 9.54. The number of hydrogen-bond acceptors (Lipinski definition) is 3. The number of likely N-dealkylation sites (N-methyl/N-ethyl adjacent to an activating group) is 1. The van der Waals surface area contributed by atoms with Crippen LogP contribution < -0.4 is 0 Å². The minimum Gasteiger partial charge on any atom is -0.395 e. The minimum absolute atomic E-state index is 0.0545. The van der Waals surface area contributed by atoms with E-state index in [4.69, 9.17) is 5.11 Å². The molecule has 0 radical (unpaired) electrons. The Morgan fingerprint density at radius 1 is 1.50 bits per heavy atom. The van der Waals surface area contributed by atoms with Gasteiger partial charge in [-0.25, -0.2) is 4.68 Å². The summed E-state index contributed by atoms with van der Waals surface area (Å²) in [6.45, 7) is 2.11. The number of carbonyl (C=O) groups excluding carboxylic acids is 1. The zero-order valence-corrected chi connectivity index (χ0v) is 13.0. The van der Waals surface area contributed by atoms with Gasteiger partial charge in [0.05, 0.1) is 29.7 Å². The summed E-state index contributed by atoms with van der Waals surface area (Å²) in [5, 5.41) is 13.2. The molecule has 0 saturated carbocycles. The number of amides is 1. The van der Waals surface area contributed by atoms with Gasteiger partial charge in [0.2, 0.25) is 0 Å². The van der Waals surface area contributed by atoms with Crippen molar-refractivity contribution >= 4 is 21.8 Å². The Morgan fingerprint density at radius 3 is 2.90 bits per heavy atom. The second-order valence-corrected chi connectivity index (χ2v) is 5.40. The molecule has 0 aliphatic carbocycles. The Kier molecular flexibility index (Phi) is 4.57.